The summed E-state index contributed by atoms with van der Waals surface area (Å²) in [6.07, 6.45) is -2.71. The van der Waals surface area contributed by atoms with E-state index in [0.717, 1.165) is 10.9 Å². The Morgan fingerprint density at radius 3 is 2.30 bits per heavy atom. The zero-order valence-corrected chi connectivity index (χ0v) is 13.3. The van der Waals surface area contributed by atoms with Gasteiger partial charge in [0.05, 0.1) is 23.4 Å². The first kappa shape index (κ1) is 17.3. The average molecular weight is 328 g/mol. The Morgan fingerprint density at radius 1 is 1.30 bits per heavy atom. The fourth-order valence-electron chi connectivity index (χ4n) is 2.67. The molecule has 1 aliphatic rings. The molecule has 0 spiro atoms. The number of nitriles is 1. The topological polar surface area (TPSA) is 61.9 Å². The van der Waals surface area contributed by atoms with Crippen LogP contribution in [0.15, 0.2) is 6.20 Å². The average Bonchev–Trinajstić information content (AvgIpc) is 2.91. The number of aromatic nitrogens is 2. The highest BCUT2D eigenvalue weighted by Gasteiger charge is 2.43. The van der Waals surface area contributed by atoms with Crippen molar-refractivity contribution < 1.29 is 18.0 Å². The van der Waals surface area contributed by atoms with Crippen LogP contribution in [0, 0.1) is 17.2 Å². The molecule has 1 aromatic heterocycles. The summed E-state index contributed by atoms with van der Waals surface area (Å²) >= 11 is 0. The first-order valence-electron chi connectivity index (χ1n) is 7.40. The Bertz CT molecular complexity index is 629. The maximum Gasteiger partial charge on any atom is 0.433 e. The molecule has 1 aliphatic heterocycles. The Kier molecular flexibility index (Phi) is 4.42. The highest BCUT2D eigenvalue weighted by molar-refractivity contribution is 5.95. The number of hydrogen-bond acceptors (Lipinski definition) is 3. The molecule has 0 aliphatic carbocycles. The summed E-state index contributed by atoms with van der Waals surface area (Å²) in [6, 6.07) is 2.13. The third kappa shape index (κ3) is 3.49. The summed E-state index contributed by atoms with van der Waals surface area (Å²) in [7, 11) is 0. The van der Waals surface area contributed by atoms with E-state index < -0.39 is 28.9 Å². The van der Waals surface area contributed by atoms with E-state index in [2.05, 4.69) is 11.2 Å². The number of likely N-dealkylation sites (tertiary alicyclic amines) is 1. The lowest BCUT2D eigenvalue weighted by molar-refractivity contribution is -0.146. The molecule has 2 heterocycles. The van der Waals surface area contributed by atoms with E-state index in [9.17, 15) is 18.0 Å². The van der Waals surface area contributed by atoms with Crippen LogP contribution in [-0.4, -0.2) is 33.7 Å². The molecule has 2 rings (SSSR count). The van der Waals surface area contributed by atoms with Gasteiger partial charge in [-0.3, -0.25) is 9.48 Å². The zero-order chi connectivity index (χ0) is 17.4. The molecule has 8 heteroatoms. The Morgan fingerprint density at radius 2 is 1.87 bits per heavy atom. The normalized spacial score (nSPS) is 17.2. The van der Waals surface area contributed by atoms with Crippen LogP contribution in [0.25, 0.3) is 0 Å². The van der Waals surface area contributed by atoms with E-state index in [1.807, 2.05) is 0 Å². The lowest BCUT2D eigenvalue weighted by atomic mass is 9.98. The fourth-order valence-corrected chi connectivity index (χ4v) is 2.67. The molecule has 126 valence electrons. The first-order valence-corrected chi connectivity index (χ1v) is 7.40. The Balaban J connectivity index is 2.35. The number of piperidine rings is 1. The summed E-state index contributed by atoms with van der Waals surface area (Å²) in [5.74, 6) is -0.817. The van der Waals surface area contributed by atoms with Gasteiger partial charge in [-0.1, -0.05) is 0 Å². The van der Waals surface area contributed by atoms with Gasteiger partial charge in [0.2, 0.25) is 0 Å². The molecule has 1 saturated heterocycles. The van der Waals surface area contributed by atoms with Crippen LogP contribution in [0.3, 0.4) is 0 Å². The first-order chi connectivity index (χ1) is 10.6. The second-order valence-corrected chi connectivity index (χ2v) is 6.68. The van der Waals surface area contributed by atoms with Crippen molar-refractivity contribution in [1.82, 2.24) is 14.7 Å². The van der Waals surface area contributed by atoms with E-state index in [-0.39, 0.29) is 19.0 Å². The quantitative estimate of drug-likeness (QED) is 0.796. The van der Waals surface area contributed by atoms with Crippen molar-refractivity contribution >= 4 is 5.91 Å². The van der Waals surface area contributed by atoms with E-state index in [0.29, 0.717) is 12.8 Å². The van der Waals surface area contributed by atoms with Crippen molar-refractivity contribution in [2.45, 2.75) is 45.3 Å². The number of alkyl halides is 3. The molecule has 0 aromatic carbocycles. The molecule has 0 unspecified atom stereocenters. The SMILES string of the molecule is CC(C)(C)n1ncc(C(=O)N2CCC(C#N)CC2)c1C(F)(F)F. The van der Waals surface area contributed by atoms with Gasteiger partial charge in [-0.15, -0.1) is 0 Å². The molecule has 0 N–H and O–H groups in total. The number of amides is 1. The molecule has 1 fully saturated rings. The molecular weight excluding hydrogens is 309 g/mol. The summed E-state index contributed by atoms with van der Waals surface area (Å²) in [4.78, 5) is 13.9. The van der Waals surface area contributed by atoms with Crippen LogP contribution in [0.5, 0.6) is 0 Å². The fraction of sp³-hybridized carbons (Fsp3) is 0.667. The van der Waals surface area contributed by atoms with Gasteiger partial charge in [-0.05, 0) is 33.6 Å². The lowest BCUT2D eigenvalue weighted by Gasteiger charge is -2.29. The monoisotopic (exact) mass is 328 g/mol. The molecule has 0 saturated carbocycles. The minimum atomic E-state index is -4.67. The van der Waals surface area contributed by atoms with E-state index in [1.54, 1.807) is 20.8 Å². The molecule has 23 heavy (non-hydrogen) atoms. The van der Waals surface area contributed by atoms with E-state index in [1.165, 1.54) is 4.90 Å². The van der Waals surface area contributed by atoms with Crippen LogP contribution in [-0.2, 0) is 11.7 Å². The van der Waals surface area contributed by atoms with Crippen molar-refractivity contribution in [3.63, 3.8) is 0 Å². The van der Waals surface area contributed by atoms with Gasteiger partial charge in [-0.2, -0.15) is 23.5 Å². The Hall–Kier alpha value is -2.04. The zero-order valence-electron chi connectivity index (χ0n) is 13.3. The van der Waals surface area contributed by atoms with E-state index in [4.69, 9.17) is 5.26 Å². The maximum absolute atomic E-state index is 13.4. The molecular formula is C15H19F3N4O. The van der Waals surface area contributed by atoms with Crippen LogP contribution >= 0.6 is 0 Å². The van der Waals surface area contributed by atoms with Crippen molar-refractivity contribution in [3.8, 4) is 6.07 Å². The smallest absolute Gasteiger partial charge is 0.338 e. The van der Waals surface area contributed by atoms with Gasteiger partial charge in [-0.25, -0.2) is 0 Å². The number of carbonyl (C=O) groups is 1. The predicted molar refractivity (Wildman–Crippen MR) is 76.5 cm³/mol. The maximum atomic E-state index is 13.4. The number of rotatable bonds is 1. The van der Waals surface area contributed by atoms with Gasteiger partial charge in [0.15, 0.2) is 5.69 Å². The molecule has 1 amide bonds. The standard InChI is InChI=1S/C15H19F3N4O/c1-14(2,3)22-12(15(16,17)18)11(9-20-22)13(23)21-6-4-10(8-19)5-7-21/h9-10H,4-7H2,1-3H3. The van der Waals surface area contributed by atoms with Crippen molar-refractivity contribution in [2.75, 3.05) is 13.1 Å². The van der Waals surface area contributed by atoms with Crippen molar-refractivity contribution in [2.24, 2.45) is 5.92 Å². The summed E-state index contributed by atoms with van der Waals surface area (Å²) < 4.78 is 41.2. The Labute approximate surface area is 132 Å². The number of hydrogen-bond donors (Lipinski definition) is 0. The van der Waals surface area contributed by atoms with Gasteiger partial charge in [0.1, 0.15) is 0 Å². The number of halogens is 3. The van der Waals surface area contributed by atoms with Gasteiger partial charge >= 0.3 is 6.18 Å². The van der Waals surface area contributed by atoms with Gasteiger partial charge < -0.3 is 4.90 Å². The minimum Gasteiger partial charge on any atom is -0.338 e. The van der Waals surface area contributed by atoms with Crippen LogP contribution in [0.1, 0.15) is 49.7 Å². The molecule has 0 radical (unpaired) electrons. The molecule has 0 atom stereocenters. The van der Waals surface area contributed by atoms with Crippen LogP contribution in [0.4, 0.5) is 13.2 Å². The summed E-state index contributed by atoms with van der Waals surface area (Å²) in [6.45, 7) is 5.37. The van der Waals surface area contributed by atoms with Crippen molar-refractivity contribution in [3.05, 3.63) is 17.5 Å². The van der Waals surface area contributed by atoms with Crippen LogP contribution in [0.2, 0.25) is 0 Å². The van der Waals surface area contributed by atoms with Crippen molar-refractivity contribution in [1.29, 1.82) is 5.26 Å². The summed E-state index contributed by atoms with van der Waals surface area (Å²) in [5.41, 5.74) is -2.34. The molecule has 1 aromatic rings. The largest absolute Gasteiger partial charge is 0.433 e. The second kappa shape index (κ2) is 5.87. The predicted octanol–water partition coefficient (Wildman–Crippen LogP) is 3.03. The third-order valence-corrected chi connectivity index (χ3v) is 3.87. The molecule has 5 nitrogen and oxygen atoms in total. The van der Waals surface area contributed by atoms with Crippen LogP contribution < -0.4 is 0 Å². The third-order valence-electron chi connectivity index (χ3n) is 3.87. The summed E-state index contributed by atoms with van der Waals surface area (Å²) in [5, 5.41) is 12.7. The number of carbonyl (C=O) groups excluding carboxylic acids is 1. The highest BCUT2D eigenvalue weighted by atomic mass is 19.4. The number of nitrogens with zero attached hydrogens (tertiary/aromatic N) is 4. The van der Waals surface area contributed by atoms with Gasteiger partial charge in [0.25, 0.3) is 5.91 Å². The van der Waals surface area contributed by atoms with Gasteiger partial charge in [0, 0.05) is 19.0 Å². The second-order valence-electron chi connectivity index (χ2n) is 6.68. The highest BCUT2D eigenvalue weighted by Crippen LogP contribution is 2.35. The molecule has 0 bridgehead atoms. The lowest BCUT2D eigenvalue weighted by Crippen LogP contribution is -2.39. The van der Waals surface area contributed by atoms with E-state index >= 15 is 0 Å². The minimum absolute atomic E-state index is 0.140.